The zero-order chi connectivity index (χ0) is 15.6. The van der Waals surface area contributed by atoms with Crippen LogP contribution in [-0.4, -0.2) is 0 Å². The van der Waals surface area contributed by atoms with E-state index in [1.165, 1.54) is 6.07 Å². The third kappa shape index (κ3) is 4.07. The molecule has 0 saturated heterocycles. The van der Waals surface area contributed by atoms with Crippen LogP contribution in [0.5, 0.6) is 5.75 Å². The topological polar surface area (TPSA) is 9.23 Å². The second-order valence-corrected chi connectivity index (χ2v) is 7.19. The molecule has 0 N–H and O–H groups in total. The highest BCUT2D eigenvalue weighted by Crippen LogP contribution is 2.32. The number of rotatable bonds is 3. The van der Waals surface area contributed by atoms with Crippen molar-refractivity contribution in [2.45, 2.75) is 39.7 Å². The second-order valence-electron chi connectivity index (χ2n) is 6.27. The summed E-state index contributed by atoms with van der Waals surface area (Å²) in [5, 5.41) is 0. The molecule has 3 heteroatoms. The predicted octanol–water partition coefficient (Wildman–Crippen LogP) is 5.77. The first-order valence-corrected chi connectivity index (χ1v) is 7.74. The Bertz CT molecular complexity index is 644. The fourth-order valence-electron chi connectivity index (χ4n) is 2.16. The summed E-state index contributed by atoms with van der Waals surface area (Å²) in [6.45, 7) is 8.69. The van der Waals surface area contributed by atoms with Crippen LogP contribution >= 0.6 is 15.9 Å². The highest BCUT2D eigenvalue weighted by atomic mass is 79.9. The van der Waals surface area contributed by atoms with Crippen LogP contribution in [0, 0.1) is 12.7 Å². The van der Waals surface area contributed by atoms with Crippen LogP contribution in [0.4, 0.5) is 4.39 Å². The molecule has 21 heavy (non-hydrogen) atoms. The first-order chi connectivity index (χ1) is 9.77. The van der Waals surface area contributed by atoms with Crippen LogP contribution in [0.1, 0.15) is 37.5 Å². The van der Waals surface area contributed by atoms with Crippen LogP contribution in [0.15, 0.2) is 40.9 Å². The lowest BCUT2D eigenvalue weighted by molar-refractivity contribution is 0.291. The van der Waals surface area contributed by atoms with Gasteiger partial charge >= 0.3 is 0 Å². The molecule has 0 unspecified atom stereocenters. The molecular weight excluding hydrogens is 331 g/mol. The van der Waals surface area contributed by atoms with Gasteiger partial charge < -0.3 is 4.74 Å². The zero-order valence-corrected chi connectivity index (χ0v) is 14.4. The summed E-state index contributed by atoms with van der Waals surface area (Å²) in [5.74, 6) is 0.569. The Labute approximate surface area is 134 Å². The lowest BCUT2D eigenvalue weighted by Crippen LogP contribution is -2.13. The van der Waals surface area contributed by atoms with E-state index in [4.69, 9.17) is 4.74 Å². The monoisotopic (exact) mass is 350 g/mol. The Morgan fingerprint density at radius 1 is 1.10 bits per heavy atom. The maximum atomic E-state index is 13.9. The van der Waals surface area contributed by atoms with Gasteiger partial charge in [0.15, 0.2) is 0 Å². The molecular formula is C18H20BrFO. The average Bonchev–Trinajstić information content (AvgIpc) is 2.36. The van der Waals surface area contributed by atoms with Gasteiger partial charge in [-0.1, -0.05) is 54.9 Å². The third-order valence-electron chi connectivity index (χ3n) is 3.34. The minimum atomic E-state index is -0.255. The Morgan fingerprint density at radius 2 is 1.81 bits per heavy atom. The van der Waals surface area contributed by atoms with Crippen molar-refractivity contribution in [1.29, 1.82) is 0 Å². The van der Waals surface area contributed by atoms with E-state index in [0.29, 0.717) is 5.56 Å². The molecule has 2 aromatic rings. The molecule has 0 atom stereocenters. The van der Waals surface area contributed by atoms with Gasteiger partial charge in [-0.15, -0.1) is 0 Å². The van der Waals surface area contributed by atoms with Crippen molar-refractivity contribution in [2.24, 2.45) is 0 Å². The Morgan fingerprint density at radius 3 is 2.43 bits per heavy atom. The van der Waals surface area contributed by atoms with Crippen LogP contribution < -0.4 is 4.74 Å². The maximum Gasteiger partial charge on any atom is 0.130 e. The maximum absolute atomic E-state index is 13.9. The second kappa shape index (κ2) is 6.18. The SMILES string of the molecule is Cc1ccc(C(C)(C)C)c(OCc2ccc(Br)cc2F)c1. The minimum absolute atomic E-state index is 0.0126. The molecule has 0 spiro atoms. The number of benzene rings is 2. The normalized spacial score (nSPS) is 11.5. The van der Waals surface area contributed by atoms with Gasteiger partial charge in [0.05, 0.1) is 0 Å². The molecule has 0 radical (unpaired) electrons. The van der Waals surface area contributed by atoms with Crippen LogP contribution in [0.2, 0.25) is 0 Å². The molecule has 0 bridgehead atoms. The Kier molecular flexibility index (Phi) is 4.72. The first kappa shape index (κ1) is 16.0. The van der Waals surface area contributed by atoms with Gasteiger partial charge in [-0.25, -0.2) is 4.39 Å². The lowest BCUT2D eigenvalue weighted by Gasteiger charge is -2.23. The van der Waals surface area contributed by atoms with E-state index in [9.17, 15) is 4.39 Å². The van der Waals surface area contributed by atoms with Gasteiger partial charge in [-0.2, -0.15) is 0 Å². The fraction of sp³-hybridized carbons (Fsp3) is 0.333. The van der Waals surface area contributed by atoms with E-state index in [1.54, 1.807) is 6.07 Å². The summed E-state index contributed by atoms with van der Waals surface area (Å²) >= 11 is 3.26. The molecule has 112 valence electrons. The van der Waals surface area contributed by atoms with Crippen molar-refractivity contribution in [3.63, 3.8) is 0 Å². The smallest absolute Gasteiger partial charge is 0.130 e. The molecule has 0 fully saturated rings. The van der Waals surface area contributed by atoms with Crippen molar-refractivity contribution in [3.8, 4) is 5.75 Å². The Hall–Kier alpha value is -1.35. The van der Waals surface area contributed by atoms with Crippen LogP contribution in [0.25, 0.3) is 0 Å². The summed E-state index contributed by atoms with van der Waals surface area (Å²) in [6, 6.07) is 11.2. The van der Waals surface area contributed by atoms with Gasteiger partial charge in [0, 0.05) is 10.0 Å². The largest absolute Gasteiger partial charge is 0.488 e. The van der Waals surface area contributed by atoms with Gasteiger partial charge in [-0.3, -0.25) is 0 Å². The number of halogens is 2. The van der Waals surface area contributed by atoms with Gasteiger partial charge in [0.25, 0.3) is 0 Å². The summed E-state index contributed by atoms with van der Waals surface area (Å²) in [6.07, 6.45) is 0. The first-order valence-electron chi connectivity index (χ1n) is 6.95. The molecule has 0 saturated carbocycles. The van der Waals surface area contributed by atoms with E-state index in [-0.39, 0.29) is 17.8 Å². The van der Waals surface area contributed by atoms with Crippen LogP contribution in [-0.2, 0) is 12.0 Å². The van der Waals surface area contributed by atoms with Crippen molar-refractivity contribution in [2.75, 3.05) is 0 Å². The number of aryl methyl sites for hydroxylation is 1. The summed E-state index contributed by atoms with van der Waals surface area (Å²) in [5.41, 5.74) is 2.81. The van der Waals surface area contributed by atoms with Crippen molar-refractivity contribution >= 4 is 15.9 Å². The minimum Gasteiger partial charge on any atom is -0.488 e. The fourth-order valence-corrected chi connectivity index (χ4v) is 2.50. The molecule has 0 aliphatic carbocycles. The third-order valence-corrected chi connectivity index (χ3v) is 3.84. The van der Waals surface area contributed by atoms with Crippen molar-refractivity contribution in [3.05, 3.63) is 63.4 Å². The van der Waals surface area contributed by atoms with Gasteiger partial charge in [0.2, 0.25) is 0 Å². The van der Waals surface area contributed by atoms with Crippen molar-refractivity contribution in [1.82, 2.24) is 0 Å². The number of hydrogen-bond donors (Lipinski definition) is 0. The summed E-state index contributed by atoms with van der Waals surface area (Å²) in [4.78, 5) is 0. The predicted molar refractivity (Wildman–Crippen MR) is 88.3 cm³/mol. The Balaban J connectivity index is 2.25. The molecule has 0 amide bonds. The quantitative estimate of drug-likeness (QED) is 0.682. The highest BCUT2D eigenvalue weighted by molar-refractivity contribution is 9.10. The van der Waals surface area contributed by atoms with Crippen LogP contribution in [0.3, 0.4) is 0 Å². The molecule has 0 aliphatic rings. The standard InChI is InChI=1S/C18H20BrFO/c1-12-5-8-15(18(2,3)4)17(9-12)21-11-13-6-7-14(19)10-16(13)20/h5-10H,11H2,1-4H3. The van der Waals surface area contributed by atoms with E-state index in [2.05, 4.69) is 48.8 Å². The molecule has 2 rings (SSSR count). The number of hydrogen-bond acceptors (Lipinski definition) is 1. The molecule has 0 aromatic heterocycles. The summed E-state index contributed by atoms with van der Waals surface area (Å²) in [7, 11) is 0. The molecule has 0 heterocycles. The molecule has 1 nitrogen and oxygen atoms in total. The van der Waals surface area contributed by atoms with E-state index in [1.807, 2.05) is 19.1 Å². The van der Waals surface area contributed by atoms with Gasteiger partial charge in [-0.05, 0) is 41.7 Å². The zero-order valence-electron chi connectivity index (χ0n) is 12.8. The van der Waals surface area contributed by atoms with E-state index < -0.39 is 0 Å². The van der Waals surface area contributed by atoms with E-state index in [0.717, 1.165) is 21.3 Å². The lowest BCUT2D eigenvalue weighted by atomic mass is 9.86. The molecule has 0 aliphatic heterocycles. The average molecular weight is 351 g/mol. The highest BCUT2D eigenvalue weighted by Gasteiger charge is 2.19. The van der Waals surface area contributed by atoms with E-state index >= 15 is 0 Å². The van der Waals surface area contributed by atoms with Gasteiger partial charge in [0.1, 0.15) is 18.2 Å². The number of ether oxygens (including phenoxy) is 1. The summed E-state index contributed by atoms with van der Waals surface area (Å²) < 4.78 is 20.5. The van der Waals surface area contributed by atoms with Crippen molar-refractivity contribution < 1.29 is 9.13 Å². The molecule has 2 aromatic carbocycles.